The van der Waals surface area contributed by atoms with Crippen LogP contribution in [-0.2, 0) is 11.3 Å². The topological polar surface area (TPSA) is 32.3 Å². The maximum Gasteiger partial charge on any atom is 0.242 e. The number of nitrogens with zero attached hydrogens (tertiary/aromatic N) is 1. The van der Waals surface area contributed by atoms with E-state index in [0.717, 1.165) is 6.54 Å². The number of piperazine rings is 1. The van der Waals surface area contributed by atoms with Crippen molar-refractivity contribution >= 4 is 5.91 Å². The van der Waals surface area contributed by atoms with Crippen molar-refractivity contribution in [3.8, 4) is 0 Å². The van der Waals surface area contributed by atoms with Crippen molar-refractivity contribution in [2.45, 2.75) is 38.9 Å². The summed E-state index contributed by atoms with van der Waals surface area (Å²) in [5.74, 6) is 0.181. The fourth-order valence-corrected chi connectivity index (χ4v) is 2.16. The highest BCUT2D eigenvalue weighted by Gasteiger charge is 2.38. The first-order valence-corrected chi connectivity index (χ1v) is 6.11. The van der Waals surface area contributed by atoms with Gasteiger partial charge in [0, 0.05) is 19.1 Å². The molecule has 1 aliphatic rings. The number of hydrogen-bond donors (Lipinski definition) is 1. The molecule has 2 rings (SSSR count). The first-order valence-electron chi connectivity index (χ1n) is 6.11. The Morgan fingerprint density at radius 1 is 1.35 bits per heavy atom. The minimum Gasteiger partial charge on any atom is -0.333 e. The summed E-state index contributed by atoms with van der Waals surface area (Å²) in [5.41, 5.74) is 0.742. The van der Waals surface area contributed by atoms with Gasteiger partial charge in [-0.15, -0.1) is 0 Å². The van der Waals surface area contributed by atoms with Crippen LogP contribution in [0.1, 0.15) is 26.3 Å². The Morgan fingerprint density at radius 2 is 2.00 bits per heavy atom. The monoisotopic (exact) mass is 232 g/mol. The molecule has 0 aliphatic carbocycles. The lowest BCUT2D eigenvalue weighted by atomic mass is 9.97. The number of carbonyl (C=O) groups is 1. The molecule has 0 radical (unpaired) electrons. The highest BCUT2D eigenvalue weighted by atomic mass is 16.2. The minimum atomic E-state index is -0.443. The Labute approximate surface area is 103 Å². The van der Waals surface area contributed by atoms with Crippen LogP contribution in [0, 0.1) is 0 Å². The first kappa shape index (κ1) is 12.1. The van der Waals surface area contributed by atoms with Crippen LogP contribution in [0.4, 0.5) is 0 Å². The van der Waals surface area contributed by atoms with Gasteiger partial charge in [-0.25, -0.2) is 0 Å². The van der Waals surface area contributed by atoms with Crippen LogP contribution in [0.25, 0.3) is 0 Å². The third-order valence-electron chi connectivity index (χ3n) is 3.36. The third kappa shape index (κ3) is 2.50. The molecule has 1 saturated heterocycles. The van der Waals surface area contributed by atoms with Gasteiger partial charge in [-0.3, -0.25) is 4.79 Å². The molecule has 1 atom stereocenters. The highest BCUT2D eigenvalue weighted by molar-refractivity contribution is 5.86. The predicted octanol–water partition coefficient (Wildman–Crippen LogP) is 1.79. The predicted molar refractivity (Wildman–Crippen MR) is 68.5 cm³/mol. The van der Waals surface area contributed by atoms with E-state index in [0.29, 0.717) is 6.54 Å². The summed E-state index contributed by atoms with van der Waals surface area (Å²) in [7, 11) is 0. The van der Waals surface area contributed by atoms with Crippen LogP contribution >= 0.6 is 0 Å². The SMILES string of the molecule is CC1CNC(C)(C)C(=O)N1Cc1ccccc1. The Bertz CT molecular complexity index is 400. The molecule has 1 N–H and O–H groups in total. The van der Waals surface area contributed by atoms with Gasteiger partial charge in [-0.05, 0) is 26.3 Å². The molecule has 3 nitrogen and oxygen atoms in total. The summed E-state index contributed by atoms with van der Waals surface area (Å²) >= 11 is 0. The molecule has 0 bridgehead atoms. The second kappa shape index (κ2) is 4.49. The van der Waals surface area contributed by atoms with Crippen LogP contribution in [0.2, 0.25) is 0 Å². The molecule has 0 spiro atoms. The lowest BCUT2D eigenvalue weighted by Gasteiger charge is -2.42. The lowest BCUT2D eigenvalue weighted by molar-refractivity contribution is -0.143. The molecule has 0 aromatic heterocycles. The molecule has 1 aromatic rings. The molecule has 17 heavy (non-hydrogen) atoms. The minimum absolute atomic E-state index is 0.181. The Kier molecular flexibility index (Phi) is 3.20. The molecule has 1 aromatic carbocycles. The summed E-state index contributed by atoms with van der Waals surface area (Å²) in [6.45, 7) is 7.53. The normalized spacial score (nSPS) is 23.8. The fourth-order valence-electron chi connectivity index (χ4n) is 2.16. The summed E-state index contributed by atoms with van der Waals surface area (Å²) in [6.07, 6.45) is 0. The van der Waals surface area contributed by atoms with Crippen molar-refractivity contribution in [1.29, 1.82) is 0 Å². The van der Waals surface area contributed by atoms with E-state index in [9.17, 15) is 4.79 Å². The quantitative estimate of drug-likeness (QED) is 0.843. The number of rotatable bonds is 2. The second-order valence-electron chi connectivity index (χ2n) is 5.27. The number of nitrogens with one attached hydrogen (secondary N) is 1. The Balaban J connectivity index is 2.16. The van der Waals surface area contributed by atoms with Crippen LogP contribution < -0.4 is 5.32 Å². The van der Waals surface area contributed by atoms with E-state index in [-0.39, 0.29) is 11.9 Å². The summed E-state index contributed by atoms with van der Waals surface area (Å²) in [6, 6.07) is 10.4. The molecule has 1 heterocycles. The van der Waals surface area contributed by atoms with E-state index in [1.165, 1.54) is 5.56 Å². The molecule has 0 saturated carbocycles. The van der Waals surface area contributed by atoms with E-state index in [1.807, 2.05) is 36.9 Å². The van der Waals surface area contributed by atoms with Gasteiger partial charge in [0.25, 0.3) is 0 Å². The van der Waals surface area contributed by atoms with E-state index in [2.05, 4.69) is 24.4 Å². The number of amides is 1. The van der Waals surface area contributed by atoms with E-state index >= 15 is 0 Å². The Hall–Kier alpha value is -1.35. The molecule has 1 aliphatic heterocycles. The summed E-state index contributed by atoms with van der Waals surface area (Å²) in [4.78, 5) is 14.3. The maximum absolute atomic E-state index is 12.3. The zero-order chi connectivity index (χ0) is 12.5. The first-order chi connectivity index (χ1) is 8.00. The van der Waals surface area contributed by atoms with Gasteiger partial charge in [0.05, 0.1) is 5.54 Å². The smallest absolute Gasteiger partial charge is 0.242 e. The zero-order valence-electron chi connectivity index (χ0n) is 10.7. The van der Waals surface area contributed by atoms with Crippen molar-refractivity contribution in [2.75, 3.05) is 6.54 Å². The largest absolute Gasteiger partial charge is 0.333 e. The van der Waals surface area contributed by atoms with E-state index in [4.69, 9.17) is 0 Å². The van der Waals surface area contributed by atoms with Crippen LogP contribution in [0.3, 0.4) is 0 Å². The molecule has 1 amide bonds. The molecular formula is C14H20N2O. The average Bonchev–Trinajstić information content (AvgIpc) is 2.32. The molecule has 1 unspecified atom stereocenters. The van der Waals surface area contributed by atoms with Gasteiger partial charge in [-0.2, -0.15) is 0 Å². The number of benzene rings is 1. The van der Waals surface area contributed by atoms with Gasteiger partial charge in [-0.1, -0.05) is 30.3 Å². The van der Waals surface area contributed by atoms with Gasteiger partial charge < -0.3 is 10.2 Å². The van der Waals surface area contributed by atoms with Crippen molar-refractivity contribution < 1.29 is 4.79 Å². The summed E-state index contributed by atoms with van der Waals surface area (Å²) in [5, 5.41) is 3.28. The third-order valence-corrected chi connectivity index (χ3v) is 3.36. The number of hydrogen-bond acceptors (Lipinski definition) is 2. The lowest BCUT2D eigenvalue weighted by Crippen LogP contribution is -2.64. The second-order valence-corrected chi connectivity index (χ2v) is 5.27. The van der Waals surface area contributed by atoms with Gasteiger partial charge in [0.1, 0.15) is 0 Å². The van der Waals surface area contributed by atoms with Crippen molar-refractivity contribution in [3.05, 3.63) is 35.9 Å². The summed E-state index contributed by atoms with van der Waals surface area (Å²) < 4.78 is 0. The van der Waals surface area contributed by atoms with Gasteiger partial charge in [0.2, 0.25) is 5.91 Å². The Morgan fingerprint density at radius 3 is 2.65 bits per heavy atom. The number of carbonyl (C=O) groups excluding carboxylic acids is 1. The maximum atomic E-state index is 12.3. The fraction of sp³-hybridized carbons (Fsp3) is 0.500. The van der Waals surface area contributed by atoms with E-state index in [1.54, 1.807) is 0 Å². The molecule has 92 valence electrons. The van der Waals surface area contributed by atoms with Gasteiger partial charge >= 0.3 is 0 Å². The average molecular weight is 232 g/mol. The van der Waals surface area contributed by atoms with Crippen LogP contribution in [0.15, 0.2) is 30.3 Å². The molecule has 1 fully saturated rings. The highest BCUT2D eigenvalue weighted by Crippen LogP contribution is 2.19. The molecule has 3 heteroatoms. The van der Waals surface area contributed by atoms with Crippen LogP contribution in [0.5, 0.6) is 0 Å². The zero-order valence-corrected chi connectivity index (χ0v) is 10.7. The van der Waals surface area contributed by atoms with E-state index < -0.39 is 5.54 Å². The van der Waals surface area contributed by atoms with Gasteiger partial charge in [0.15, 0.2) is 0 Å². The van der Waals surface area contributed by atoms with Crippen LogP contribution in [-0.4, -0.2) is 28.9 Å². The van der Waals surface area contributed by atoms with Crippen molar-refractivity contribution in [2.24, 2.45) is 0 Å². The standard InChI is InChI=1S/C14H20N2O/c1-11-9-15-14(2,3)13(17)16(11)10-12-7-5-4-6-8-12/h4-8,11,15H,9-10H2,1-3H3. The molecular weight excluding hydrogens is 212 g/mol. The van der Waals surface area contributed by atoms with Crippen molar-refractivity contribution in [3.63, 3.8) is 0 Å². The van der Waals surface area contributed by atoms with Crippen molar-refractivity contribution in [1.82, 2.24) is 10.2 Å².